The van der Waals surface area contributed by atoms with Crippen molar-refractivity contribution in [3.05, 3.63) is 12.3 Å². The SMILES string of the molecule is C1=CN(N2CCC=N2)[N]C1. The summed E-state index contributed by atoms with van der Waals surface area (Å²) in [6, 6.07) is 0. The van der Waals surface area contributed by atoms with Gasteiger partial charge in [-0.05, 0) is 6.08 Å². The number of hydrazine groups is 1. The Hall–Kier alpha value is -1.03. The molecule has 1 radical (unpaired) electrons. The molecular formula is C6H9N4. The van der Waals surface area contributed by atoms with Crippen LogP contribution >= 0.6 is 0 Å². The second kappa shape index (κ2) is 2.30. The van der Waals surface area contributed by atoms with Crippen LogP contribution in [0.3, 0.4) is 0 Å². The fraction of sp³-hybridized carbons (Fsp3) is 0.500. The van der Waals surface area contributed by atoms with Gasteiger partial charge in [0.1, 0.15) is 0 Å². The summed E-state index contributed by atoms with van der Waals surface area (Å²) < 4.78 is 0. The van der Waals surface area contributed by atoms with Crippen molar-refractivity contribution in [2.24, 2.45) is 5.10 Å². The highest BCUT2D eigenvalue weighted by Gasteiger charge is 2.14. The summed E-state index contributed by atoms with van der Waals surface area (Å²) in [5.41, 5.74) is 4.15. The highest BCUT2D eigenvalue weighted by atomic mass is 15.9. The largest absolute Gasteiger partial charge is 0.190 e. The van der Waals surface area contributed by atoms with Gasteiger partial charge in [-0.1, -0.05) is 0 Å². The van der Waals surface area contributed by atoms with E-state index >= 15 is 0 Å². The van der Waals surface area contributed by atoms with E-state index in [-0.39, 0.29) is 0 Å². The van der Waals surface area contributed by atoms with Gasteiger partial charge in [-0.2, -0.15) is 15.3 Å². The van der Waals surface area contributed by atoms with E-state index in [1.165, 1.54) is 0 Å². The predicted molar refractivity (Wildman–Crippen MR) is 37.8 cm³/mol. The van der Waals surface area contributed by atoms with E-state index in [9.17, 15) is 0 Å². The third-order valence-corrected chi connectivity index (χ3v) is 1.48. The minimum absolute atomic E-state index is 0.784. The average Bonchev–Trinajstić information content (AvgIpc) is 2.59. The summed E-state index contributed by atoms with van der Waals surface area (Å²) in [5, 5.41) is 7.74. The molecule has 0 aromatic rings. The average molecular weight is 137 g/mol. The highest BCUT2D eigenvalue weighted by molar-refractivity contribution is 5.58. The van der Waals surface area contributed by atoms with Gasteiger partial charge in [0, 0.05) is 18.8 Å². The van der Waals surface area contributed by atoms with Gasteiger partial charge < -0.3 is 0 Å². The lowest BCUT2D eigenvalue weighted by Crippen LogP contribution is -2.36. The highest BCUT2D eigenvalue weighted by Crippen LogP contribution is 2.06. The van der Waals surface area contributed by atoms with E-state index in [1.807, 2.05) is 23.6 Å². The number of hydrogen-bond acceptors (Lipinski definition) is 3. The Bertz CT molecular complexity index is 155. The van der Waals surface area contributed by atoms with E-state index in [0.717, 1.165) is 19.5 Å². The second-order valence-corrected chi connectivity index (χ2v) is 2.21. The van der Waals surface area contributed by atoms with E-state index in [4.69, 9.17) is 0 Å². The van der Waals surface area contributed by atoms with Gasteiger partial charge in [-0.25, -0.2) is 0 Å². The first-order valence-electron chi connectivity index (χ1n) is 3.40. The van der Waals surface area contributed by atoms with Gasteiger partial charge in [0.25, 0.3) is 0 Å². The van der Waals surface area contributed by atoms with Crippen LogP contribution in [-0.2, 0) is 0 Å². The molecule has 0 aromatic heterocycles. The van der Waals surface area contributed by atoms with Crippen molar-refractivity contribution in [1.29, 1.82) is 0 Å². The van der Waals surface area contributed by atoms with Crippen molar-refractivity contribution in [1.82, 2.24) is 15.7 Å². The molecule has 0 aliphatic carbocycles. The van der Waals surface area contributed by atoms with Crippen LogP contribution in [0.1, 0.15) is 6.42 Å². The molecule has 0 unspecified atom stereocenters. The number of nitrogens with zero attached hydrogens (tertiary/aromatic N) is 4. The molecule has 0 saturated carbocycles. The summed E-state index contributed by atoms with van der Waals surface area (Å²) in [7, 11) is 0. The van der Waals surface area contributed by atoms with Crippen LogP contribution in [0.5, 0.6) is 0 Å². The van der Waals surface area contributed by atoms with E-state index in [0.29, 0.717) is 0 Å². The molecule has 0 aromatic carbocycles. The van der Waals surface area contributed by atoms with Crippen molar-refractivity contribution >= 4 is 6.21 Å². The zero-order chi connectivity index (χ0) is 6.81. The van der Waals surface area contributed by atoms with Crippen LogP contribution in [0.15, 0.2) is 17.4 Å². The lowest BCUT2D eigenvalue weighted by atomic mass is 10.5. The van der Waals surface area contributed by atoms with Gasteiger partial charge in [-0.15, -0.1) is 5.43 Å². The first kappa shape index (κ1) is 5.73. The predicted octanol–water partition coefficient (Wildman–Crippen LogP) is -0.0584. The molecule has 0 bridgehead atoms. The molecule has 53 valence electrons. The molecule has 0 spiro atoms. The van der Waals surface area contributed by atoms with E-state index in [2.05, 4.69) is 10.5 Å². The molecule has 2 rings (SSSR count). The fourth-order valence-corrected chi connectivity index (χ4v) is 1.01. The number of rotatable bonds is 1. The zero-order valence-electron chi connectivity index (χ0n) is 5.64. The minimum atomic E-state index is 0.784. The fourth-order valence-electron chi connectivity index (χ4n) is 1.01. The third-order valence-electron chi connectivity index (χ3n) is 1.48. The molecule has 2 aliphatic rings. The van der Waals surface area contributed by atoms with Gasteiger partial charge in [0.15, 0.2) is 0 Å². The van der Waals surface area contributed by atoms with Crippen molar-refractivity contribution in [3.63, 3.8) is 0 Å². The Kier molecular flexibility index (Phi) is 1.32. The molecule has 0 atom stereocenters. The summed E-state index contributed by atoms with van der Waals surface area (Å²) in [5.74, 6) is 0. The van der Waals surface area contributed by atoms with Gasteiger partial charge >= 0.3 is 0 Å². The normalized spacial score (nSPS) is 23.2. The molecule has 0 saturated heterocycles. The van der Waals surface area contributed by atoms with Crippen molar-refractivity contribution in [2.45, 2.75) is 6.42 Å². The zero-order valence-corrected chi connectivity index (χ0v) is 5.64. The molecular weight excluding hydrogens is 128 g/mol. The van der Waals surface area contributed by atoms with E-state index < -0.39 is 0 Å². The van der Waals surface area contributed by atoms with Crippen LogP contribution < -0.4 is 5.43 Å². The summed E-state index contributed by atoms with van der Waals surface area (Å²) >= 11 is 0. The summed E-state index contributed by atoms with van der Waals surface area (Å²) in [6.45, 7) is 1.74. The quantitative estimate of drug-likeness (QED) is 0.507. The van der Waals surface area contributed by atoms with Crippen LogP contribution in [0.25, 0.3) is 0 Å². The molecule has 2 aliphatic heterocycles. The Labute approximate surface area is 59.7 Å². The van der Waals surface area contributed by atoms with Crippen LogP contribution in [0.2, 0.25) is 0 Å². The van der Waals surface area contributed by atoms with Gasteiger partial charge in [-0.3, -0.25) is 0 Å². The second-order valence-electron chi connectivity index (χ2n) is 2.21. The molecule has 4 nitrogen and oxygen atoms in total. The first-order valence-corrected chi connectivity index (χ1v) is 3.40. The molecule has 0 fully saturated rings. The maximum Gasteiger partial charge on any atom is 0.0652 e. The van der Waals surface area contributed by atoms with Crippen molar-refractivity contribution in [3.8, 4) is 0 Å². The standard InChI is InChI=1S/C6H9N4/c1-3-7-9(5-1)10-6-2-4-8-10/h1,4-5H,2-3,6H2. The number of hydrogen-bond donors (Lipinski definition) is 0. The molecule has 2 heterocycles. The molecule has 10 heavy (non-hydrogen) atoms. The lowest BCUT2D eigenvalue weighted by molar-refractivity contribution is -0.00307. The molecule has 0 N–H and O–H groups in total. The molecule has 0 amide bonds. The maximum atomic E-state index is 4.15. The van der Waals surface area contributed by atoms with Crippen LogP contribution in [-0.4, -0.2) is 29.5 Å². The van der Waals surface area contributed by atoms with Gasteiger partial charge in [0.05, 0.1) is 13.1 Å². The minimum Gasteiger partial charge on any atom is -0.190 e. The Morgan fingerprint density at radius 2 is 2.40 bits per heavy atom. The topological polar surface area (TPSA) is 32.9 Å². The van der Waals surface area contributed by atoms with Gasteiger partial charge in [0.2, 0.25) is 0 Å². The van der Waals surface area contributed by atoms with Crippen molar-refractivity contribution < 1.29 is 0 Å². The Morgan fingerprint density at radius 3 is 3.00 bits per heavy atom. The number of hydrazone groups is 1. The van der Waals surface area contributed by atoms with Crippen LogP contribution in [0, 0.1) is 0 Å². The lowest BCUT2D eigenvalue weighted by Gasteiger charge is -2.23. The Morgan fingerprint density at radius 1 is 1.40 bits per heavy atom. The summed E-state index contributed by atoms with van der Waals surface area (Å²) in [6.07, 6.45) is 6.87. The smallest absolute Gasteiger partial charge is 0.0652 e. The molecule has 4 heteroatoms. The third kappa shape index (κ3) is 0.863. The van der Waals surface area contributed by atoms with E-state index in [1.54, 1.807) is 5.12 Å². The Balaban J connectivity index is 1.98. The monoisotopic (exact) mass is 137 g/mol. The maximum absolute atomic E-state index is 4.15. The van der Waals surface area contributed by atoms with Crippen LogP contribution in [0.4, 0.5) is 0 Å². The van der Waals surface area contributed by atoms with Crippen molar-refractivity contribution in [2.75, 3.05) is 13.1 Å². The first-order chi connectivity index (χ1) is 4.97. The summed E-state index contributed by atoms with van der Waals surface area (Å²) in [4.78, 5) is 0.